The van der Waals surface area contributed by atoms with Gasteiger partial charge in [-0.25, -0.2) is 21.6 Å². The molecule has 0 fully saturated rings. The number of sulfonamides is 1. The number of methoxy groups -OCH3 is 1. The molecule has 6 nitrogen and oxygen atoms in total. The minimum absolute atomic E-state index is 0.0953. The number of rotatable bonds is 13. The summed E-state index contributed by atoms with van der Waals surface area (Å²) in [6, 6.07) is 30.5. The van der Waals surface area contributed by atoms with Crippen molar-refractivity contribution >= 4 is 25.9 Å². The topological polar surface area (TPSA) is 89.5 Å². The number of nitrogens with one attached hydrogen (secondary N) is 1. The van der Waals surface area contributed by atoms with Crippen LogP contribution in [0, 0.1) is 12.8 Å². The second kappa shape index (κ2) is 13.8. The van der Waals surface area contributed by atoms with Crippen molar-refractivity contribution in [3.05, 3.63) is 145 Å². The molecule has 42 heavy (non-hydrogen) atoms. The fourth-order valence-electron chi connectivity index (χ4n) is 4.76. The highest BCUT2D eigenvalue weighted by molar-refractivity contribution is 7.92. The molecule has 0 bridgehead atoms. The van der Waals surface area contributed by atoms with Gasteiger partial charge in [-0.3, -0.25) is 0 Å². The van der Waals surface area contributed by atoms with Gasteiger partial charge in [0.15, 0.2) is 9.84 Å². The first-order chi connectivity index (χ1) is 20.1. The number of aryl methyl sites for hydroxylation is 1. The van der Waals surface area contributed by atoms with Crippen LogP contribution in [0.5, 0.6) is 5.75 Å². The Morgan fingerprint density at radius 3 is 1.95 bits per heavy atom. The van der Waals surface area contributed by atoms with Crippen molar-refractivity contribution in [3.8, 4) is 5.75 Å². The predicted molar refractivity (Wildman–Crippen MR) is 169 cm³/mol. The Morgan fingerprint density at radius 2 is 1.38 bits per heavy atom. The van der Waals surface area contributed by atoms with Crippen LogP contribution in [0.4, 0.5) is 0 Å². The van der Waals surface area contributed by atoms with Crippen LogP contribution in [-0.2, 0) is 26.3 Å². The Morgan fingerprint density at radius 1 is 0.786 bits per heavy atom. The fraction of sp³-hybridized carbons (Fsp3) is 0.176. The quantitative estimate of drug-likeness (QED) is 0.183. The van der Waals surface area contributed by atoms with E-state index in [1.807, 2.05) is 49.4 Å². The Bertz CT molecular complexity index is 1700. The highest BCUT2D eigenvalue weighted by atomic mass is 32.2. The molecule has 3 atom stereocenters. The molecule has 0 heterocycles. The predicted octanol–water partition coefficient (Wildman–Crippen LogP) is 6.25. The van der Waals surface area contributed by atoms with Gasteiger partial charge in [0.05, 0.1) is 22.2 Å². The molecule has 0 aliphatic heterocycles. The van der Waals surface area contributed by atoms with Crippen molar-refractivity contribution in [2.45, 2.75) is 34.4 Å². The number of benzene rings is 4. The second-order valence-electron chi connectivity index (χ2n) is 10.00. The van der Waals surface area contributed by atoms with E-state index in [9.17, 15) is 16.8 Å². The average molecular weight is 602 g/mol. The molecule has 4 aromatic carbocycles. The van der Waals surface area contributed by atoms with Gasteiger partial charge in [-0.2, -0.15) is 0 Å². The summed E-state index contributed by atoms with van der Waals surface area (Å²) in [5.41, 5.74) is 2.55. The molecular weight excluding hydrogens is 567 g/mol. The van der Waals surface area contributed by atoms with Crippen LogP contribution in [0.3, 0.4) is 0 Å². The van der Waals surface area contributed by atoms with Crippen LogP contribution in [0.1, 0.15) is 16.7 Å². The summed E-state index contributed by atoms with van der Waals surface area (Å²) >= 11 is 0. The van der Waals surface area contributed by atoms with E-state index in [0.717, 1.165) is 16.7 Å². The first kappa shape index (κ1) is 31.0. The Labute approximate surface area is 249 Å². The zero-order chi connectivity index (χ0) is 30.2. The molecule has 0 radical (unpaired) electrons. The average Bonchev–Trinajstić information content (AvgIpc) is 3.00. The molecule has 1 N–H and O–H groups in total. The van der Waals surface area contributed by atoms with Crippen molar-refractivity contribution < 1.29 is 21.6 Å². The summed E-state index contributed by atoms with van der Waals surface area (Å²) in [4.78, 5) is 0.238. The van der Waals surface area contributed by atoms with Crippen molar-refractivity contribution in [2.75, 3.05) is 7.11 Å². The van der Waals surface area contributed by atoms with Crippen molar-refractivity contribution in [1.82, 2.24) is 4.72 Å². The van der Waals surface area contributed by atoms with E-state index in [2.05, 4.69) is 11.3 Å². The first-order valence-electron chi connectivity index (χ1n) is 13.5. The SMILES string of the molecule is C=C[C@H](C(/C=C/c1ccccc1)S(=O)(=O)c1ccccc1)[C@@H](Cc1ccc(OC)cc1)NS(=O)(=O)c1ccc(C)cc1. The van der Waals surface area contributed by atoms with E-state index in [0.29, 0.717) is 5.75 Å². The molecule has 1 unspecified atom stereocenters. The van der Waals surface area contributed by atoms with Gasteiger partial charge in [0, 0.05) is 12.0 Å². The van der Waals surface area contributed by atoms with Gasteiger partial charge in [0.2, 0.25) is 10.0 Å². The summed E-state index contributed by atoms with van der Waals surface area (Å²) in [7, 11) is -6.42. The lowest BCUT2D eigenvalue weighted by Gasteiger charge is -2.31. The summed E-state index contributed by atoms with van der Waals surface area (Å²) in [5, 5.41) is -1.12. The summed E-state index contributed by atoms with van der Waals surface area (Å²) in [6.07, 6.45) is 5.13. The molecule has 4 aromatic rings. The van der Waals surface area contributed by atoms with Crippen molar-refractivity contribution in [2.24, 2.45) is 5.92 Å². The van der Waals surface area contributed by atoms with Gasteiger partial charge in [0.1, 0.15) is 5.75 Å². The van der Waals surface area contributed by atoms with Crippen LogP contribution in [-0.4, -0.2) is 35.2 Å². The van der Waals surface area contributed by atoms with E-state index < -0.39 is 37.1 Å². The Kier molecular flexibility index (Phi) is 10.2. The highest BCUT2D eigenvalue weighted by Gasteiger charge is 2.38. The maximum Gasteiger partial charge on any atom is 0.240 e. The molecule has 218 valence electrons. The molecule has 4 rings (SSSR count). The maximum atomic E-state index is 14.2. The lowest BCUT2D eigenvalue weighted by molar-refractivity contribution is 0.414. The monoisotopic (exact) mass is 601 g/mol. The van der Waals surface area contributed by atoms with Crippen LogP contribution in [0.25, 0.3) is 6.08 Å². The molecule has 0 amide bonds. The number of sulfone groups is 1. The normalized spacial score (nSPS) is 14.2. The highest BCUT2D eigenvalue weighted by Crippen LogP contribution is 2.30. The molecule has 0 aliphatic carbocycles. The second-order valence-corrected chi connectivity index (χ2v) is 13.8. The van der Waals surface area contributed by atoms with Crippen molar-refractivity contribution in [3.63, 3.8) is 0 Å². The molecule has 0 saturated carbocycles. The summed E-state index contributed by atoms with van der Waals surface area (Å²) < 4.78 is 63.8. The molecule has 0 aliphatic rings. The number of hydrogen-bond acceptors (Lipinski definition) is 5. The van der Waals surface area contributed by atoms with Gasteiger partial charge in [-0.1, -0.05) is 96.6 Å². The zero-order valence-electron chi connectivity index (χ0n) is 23.6. The smallest absolute Gasteiger partial charge is 0.240 e. The minimum Gasteiger partial charge on any atom is -0.497 e. The lowest BCUT2D eigenvalue weighted by Crippen LogP contribution is -2.46. The van der Waals surface area contributed by atoms with E-state index in [4.69, 9.17) is 4.74 Å². The third-order valence-corrected chi connectivity index (χ3v) is 10.7. The lowest BCUT2D eigenvalue weighted by atomic mass is 9.90. The first-order valence-corrected chi connectivity index (χ1v) is 16.5. The molecule has 0 aromatic heterocycles. The van der Waals surface area contributed by atoms with Gasteiger partial charge in [-0.05, 0) is 60.9 Å². The fourth-order valence-corrected chi connectivity index (χ4v) is 7.88. The molecule has 8 heteroatoms. The third kappa shape index (κ3) is 7.64. The zero-order valence-corrected chi connectivity index (χ0v) is 25.3. The van der Waals surface area contributed by atoms with Gasteiger partial charge in [-0.15, -0.1) is 6.58 Å². The Hall–Kier alpha value is -3.98. The van der Waals surface area contributed by atoms with Crippen LogP contribution in [0.2, 0.25) is 0 Å². The largest absolute Gasteiger partial charge is 0.497 e. The number of ether oxygens (including phenoxy) is 1. The van der Waals surface area contributed by atoms with Crippen molar-refractivity contribution in [1.29, 1.82) is 0 Å². The minimum atomic E-state index is -4.02. The maximum absolute atomic E-state index is 14.2. The van der Waals surface area contributed by atoms with E-state index in [-0.39, 0.29) is 16.2 Å². The summed E-state index contributed by atoms with van der Waals surface area (Å²) in [6.45, 7) is 5.87. The Balaban J connectivity index is 1.82. The standard InChI is InChI=1S/C34H35NO5S2/c1-4-32(34(24-19-27-11-7-5-8-12-27)41(36,37)30-13-9-6-10-14-30)33(25-28-17-20-29(40-3)21-18-28)35-42(38,39)31-22-15-26(2)16-23-31/h4-24,32-35H,1,25H2,2-3H3/b24-19+/t32-,33+,34?/m0/s1. The molecule has 0 saturated heterocycles. The van der Waals surface area contributed by atoms with Crippen LogP contribution >= 0.6 is 0 Å². The van der Waals surface area contributed by atoms with Gasteiger partial charge >= 0.3 is 0 Å². The third-order valence-electron chi connectivity index (χ3n) is 7.08. The molecule has 0 spiro atoms. The van der Waals surface area contributed by atoms with Gasteiger partial charge in [0.25, 0.3) is 0 Å². The molecular formula is C34H35NO5S2. The van der Waals surface area contributed by atoms with Crippen LogP contribution < -0.4 is 9.46 Å². The number of hydrogen-bond donors (Lipinski definition) is 1. The summed E-state index contributed by atoms with van der Waals surface area (Å²) in [5.74, 6) is -0.177. The van der Waals surface area contributed by atoms with Gasteiger partial charge < -0.3 is 4.74 Å². The van der Waals surface area contributed by atoms with E-state index in [1.54, 1.807) is 86.0 Å². The van der Waals surface area contributed by atoms with E-state index in [1.165, 1.54) is 6.08 Å². The van der Waals surface area contributed by atoms with E-state index >= 15 is 0 Å². The van der Waals surface area contributed by atoms with Crippen LogP contribution in [0.15, 0.2) is 138 Å².